The van der Waals surface area contributed by atoms with E-state index in [-0.39, 0.29) is 0 Å². The van der Waals surface area contributed by atoms with Gasteiger partial charge in [0.1, 0.15) is 12.1 Å². The van der Waals surface area contributed by atoms with E-state index in [1.807, 2.05) is 13.0 Å². The van der Waals surface area contributed by atoms with Crippen molar-refractivity contribution in [2.75, 3.05) is 12.4 Å². The molecular formula is C10H13N5O. The second kappa shape index (κ2) is 4.61. The Hall–Kier alpha value is -2.11. The summed E-state index contributed by atoms with van der Waals surface area (Å²) < 4.78 is 5.11. The monoisotopic (exact) mass is 219 g/mol. The number of hydrogen-bond donors (Lipinski definition) is 2. The highest BCUT2D eigenvalue weighted by Crippen LogP contribution is 2.19. The smallest absolute Gasteiger partial charge is 0.221 e. The average molecular weight is 219 g/mol. The number of methoxy groups -OCH3 is 1. The Kier molecular flexibility index (Phi) is 3.00. The van der Waals surface area contributed by atoms with E-state index in [2.05, 4.69) is 25.5 Å². The van der Waals surface area contributed by atoms with Gasteiger partial charge in [0.15, 0.2) is 0 Å². The van der Waals surface area contributed by atoms with Gasteiger partial charge in [-0.15, -0.1) is 0 Å². The van der Waals surface area contributed by atoms with Crippen LogP contribution >= 0.6 is 0 Å². The van der Waals surface area contributed by atoms with Gasteiger partial charge in [-0.1, -0.05) is 0 Å². The van der Waals surface area contributed by atoms with E-state index >= 15 is 0 Å². The average Bonchev–Trinajstić information content (AvgIpc) is 2.81. The molecule has 6 nitrogen and oxygen atoms in total. The molecule has 0 fully saturated rings. The van der Waals surface area contributed by atoms with E-state index in [0.717, 1.165) is 17.1 Å². The number of aromatic amines is 1. The van der Waals surface area contributed by atoms with Crippen LogP contribution in [0.15, 0.2) is 18.6 Å². The summed E-state index contributed by atoms with van der Waals surface area (Å²) in [6, 6.07) is 1.90. The maximum absolute atomic E-state index is 5.11. The van der Waals surface area contributed by atoms with Gasteiger partial charge in [0, 0.05) is 6.20 Å². The molecule has 2 aromatic rings. The van der Waals surface area contributed by atoms with Crippen LogP contribution in [0.2, 0.25) is 0 Å². The number of ether oxygens (including phenoxy) is 1. The molecule has 0 aliphatic rings. The lowest BCUT2D eigenvalue weighted by molar-refractivity contribution is 0.393. The first-order chi connectivity index (χ1) is 7.81. The fourth-order valence-electron chi connectivity index (χ4n) is 1.38. The quantitative estimate of drug-likeness (QED) is 0.806. The van der Waals surface area contributed by atoms with Crippen LogP contribution in [0.25, 0.3) is 0 Å². The van der Waals surface area contributed by atoms with Crippen LogP contribution in [0, 0.1) is 6.92 Å². The SMILES string of the molecule is COc1ncnc(NCc2ccn[nH]2)c1C. The number of aromatic nitrogens is 4. The van der Waals surface area contributed by atoms with E-state index in [0.29, 0.717) is 12.4 Å². The zero-order valence-electron chi connectivity index (χ0n) is 9.19. The summed E-state index contributed by atoms with van der Waals surface area (Å²) in [5.74, 6) is 1.35. The molecule has 0 aliphatic heterocycles. The highest BCUT2D eigenvalue weighted by Gasteiger charge is 2.06. The molecular weight excluding hydrogens is 206 g/mol. The third-order valence-corrected chi connectivity index (χ3v) is 2.24. The molecule has 0 amide bonds. The number of anilines is 1. The zero-order valence-corrected chi connectivity index (χ0v) is 9.19. The standard InChI is InChI=1S/C10H13N5O/c1-7-9(12-6-13-10(7)16-2)11-5-8-3-4-14-15-8/h3-4,6H,5H2,1-2H3,(H,14,15)(H,11,12,13). The van der Waals surface area contributed by atoms with Crippen molar-refractivity contribution in [1.82, 2.24) is 20.2 Å². The second-order valence-corrected chi connectivity index (χ2v) is 3.29. The predicted octanol–water partition coefficient (Wildman–Crippen LogP) is 1.13. The summed E-state index contributed by atoms with van der Waals surface area (Å²) in [5, 5.41) is 9.92. The Morgan fingerprint density at radius 1 is 1.44 bits per heavy atom. The van der Waals surface area contributed by atoms with Crippen molar-refractivity contribution in [2.45, 2.75) is 13.5 Å². The number of hydrogen-bond acceptors (Lipinski definition) is 5. The summed E-state index contributed by atoms with van der Waals surface area (Å²) in [6.45, 7) is 2.55. The third-order valence-electron chi connectivity index (χ3n) is 2.24. The first-order valence-electron chi connectivity index (χ1n) is 4.89. The molecule has 2 aromatic heterocycles. The van der Waals surface area contributed by atoms with Crippen LogP contribution in [0.4, 0.5) is 5.82 Å². The van der Waals surface area contributed by atoms with Gasteiger partial charge in [-0.3, -0.25) is 5.10 Å². The zero-order chi connectivity index (χ0) is 11.4. The molecule has 84 valence electrons. The Morgan fingerprint density at radius 3 is 3.00 bits per heavy atom. The van der Waals surface area contributed by atoms with E-state index < -0.39 is 0 Å². The molecule has 6 heteroatoms. The molecule has 2 heterocycles. The lowest BCUT2D eigenvalue weighted by Gasteiger charge is -2.09. The van der Waals surface area contributed by atoms with Gasteiger partial charge in [-0.05, 0) is 13.0 Å². The van der Waals surface area contributed by atoms with Crippen LogP contribution in [0.3, 0.4) is 0 Å². The highest BCUT2D eigenvalue weighted by atomic mass is 16.5. The molecule has 0 atom stereocenters. The number of rotatable bonds is 4. The van der Waals surface area contributed by atoms with Gasteiger partial charge in [0.05, 0.1) is 24.9 Å². The third kappa shape index (κ3) is 2.10. The van der Waals surface area contributed by atoms with Crippen LogP contribution in [0.1, 0.15) is 11.3 Å². The van der Waals surface area contributed by atoms with Gasteiger partial charge in [0.25, 0.3) is 0 Å². The van der Waals surface area contributed by atoms with Crippen LogP contribution in [-0.4, -0.2) is 27.3 Å². The molecule has 0 bridgehead atoms. The van der Waals surface area contributed by atoms with Crippen molar-refractivity contribution in [3.63, 3.8) is 0 Å². The first kappa shape index (κ1) is 10.4. The maximum Gasteiger partial charge on any atom is 0.221 e. The second-order valence-electron chi connectivity index (χ2n) is 3.29. The lowest BCUT2D eigenvalue weighted by Crippen LogP contribution is -2.05. The van der Waals surface area contributed by atoms with Crippen molar-refractivity contribution >= 4 is 5.82 Å². The fourth-order valence-corrected chi connectivity index (χ4v) is 1.38. The van der Waals surface area contributed by atoms with Crippen molar-refractivity contribution in [3.05, 3.63) is 29.8 Å². The molecule has 0 spiro atoms. The molecule has 16 heavy (non-hydrogen) atoms. The summed E-state index contributed by atoms with van der Waals surface area (Å²) in [6.07, 6.45) is 3.19. The molecule has 0 saturated carbocycles. The Balaban J connectivity index is 2.09. The number of nitrogens with zero attached hydrogens (tertiary/aromatic N) is 3. The van der Waals surface area contributed by atoms with Crippen molar-refractivity contribution in [3.8, 4) is 5.88 Å². The van der Waals surface area contributed by atoms with Crippen LogP contribution < -0.4 is 10.1 Å². The van der Waals surface area contributed by atoms with Crippen LogP contribution in [0.5, 0.6) is 5.88 Å². The fraction of sp³-hybridized carbons (Fsp3) is 0.300. The maximum atomic E-state index is 5.11. The van der Waals surface area contributed by atoms with Gasteiger partial charge in [-0.2, -0.15) is 5.10 Å². The topological polar surface area (TPSA) is 75.7 Å². The van der Waals surface area contributed by atoms with Gasteiger partial charge >= 0.3 is 0 Å². The largest absolute Gasteiger partial charge is 0.481 e. The Bertz CT molecular complexity index is 454. The molecule has 0 radical (unpaired) electrons. The van der Waals surface area contributed by atoms with Crippen LogP contribution in [-0.2, 0) is 6.54 Å². The molecule has 0 aliphatic carbocycles. The number of H-pyrrole nitrogens is 1. The normalized spacial score (nSPS) is 10.1. The van der Waals surface area contributed by atoms with E-state index in [1.54, 1.807) is 13.3 Å². The van der Waals surface area contributed by atoms with E-state index in [9.17, 15) is 0 Å². The minimum atomic E-state index is 0.585. The summed E-state index contributed by atoms with van der Waals surface area (Å²) in [4.78, 5) is 8.16. The van der Waals surface area contributed by atoms with E-state index in [1.165, 1.54) is 6.33 Å². The summed E-state index contributed by atoms with van der Waals surface area (Å²) in [5.41, 5.74) is 1.89. The minimum Gasteiger partial charge on any atom is -0.481 e. The predicted molar refractivity (Wildman–Crippen MR) is 59.2 cm³/mol. The van der Waals surface area contributed by atoms with Crippen molar-refractivity contribution in [2.24, 2.45) is 0 Å². The molecule has 0 aromatic carbocycles. The van der Waals surface area contributed by atoms with Gasteiger partial charge in [-0.25, -0.2) is 9.97 Å². The lowest BCUT2D eigenvalue weighted by atomic mass is 10.3. The van der Waals surface area contributed by atoms with Crippen molar-refractivity contribution < 1.29 is 4.74 Å². The first-order valence-corrected chi connectivity index (χ1v) is 4.89. The molecule has 0 unspecified atom stereocenters. The summed E-state index contributed by atoms with van der Waals surface area (Å²) in [7, 11) is 1.59. The minimum absolute atomic E-state index is 0.585. The van der Waals surface area contributed by atoms with Gasteiger partial charge < -0.3 is 10.1 Å². The molecule has 0 saturated heterocycles. The molecule has 2 rings (SSSR count). The van der Waals surface area contributed by atoms with Gasteiger partial charge in [0.2, 0.25) is 5.88 Å². The highest BCUT2D eigenvalue weighted by molar-refractivity contribution is 5.47. The van der Waals surface area contributed by atoms with E-state index in [4.69, 9.17) is 4.74 Å². The Morgan fingerprint density at radius 2 is 2.31 bits per heavy atom. The summed E-state index contributed by atoms with van der Waals surface area (Å²) >= 11 is 0. The number of nitrogens with one attached hydrogen (secondary N) is 2. The van der Waals surface area contributed by atoms with Crippen molar-refractivity contribution in [1.29, 1.82) is 0 Å². The Labute approximate surface area is 93.1 Å². The molecule has 2 N–H and O–H groups in total.